The van der Waals surface area contributed by atoms with Gasteiger partial charge in [-0.25, -0.2) is 0 Å². The van der Waals surface area contributed by atoms with Crippen molar-refractivity contribution in [3.8, 4) is 0 Å². The SMILES string of the molecule is O=C(C1CCCC1)N1CCCC(CCc2ccccc2)C1. The Morgan fingerprint density at radius 3 is 2.57 bits per heavy atom. The molecule has 21 heavy (non-hydrogen) atoms. The molecule has 1 unspecified atom stereocenters. The summed E-state index contributed by atoms with van der Waals surface area (Å²) in [6, 6.07) is 10.7. The zero-order valence-electron chi connectivity index (χ0n) is 13.0. The highest BCUT2D eigenvalue weighted by Gasteiger charge is 2.30. The van der Waals surface area contributed by atoms with Gasteiger partial charge in [0.05, 0.1) is 0 Å². The molecule has 0 spiro atoms. The predicted molar refractivity (Wildman–Crippen MR) is 86.0 cm³/mol. The third-order valence-electron chi connectivity index (χ3n) is 5.22. The molecule has 1 aliphatic carbocycles. The van der Waals surface area contributed by atoms with Gasteiger partial charge in [0.15, 0.2) is 0 Å². The second-order valence-corrected chi connectivity index (χ2v) is 6.80. The van der Waals surface area contributed by atoms with E-state index in [1.165, 1.54) is 37.7 Å². The van der Waals surface area contributed by atoms with Crippen molar-refractivity contribution in [3.05, 3.63) is 35.9 Å². The Bertz CT molecular complexity index is 450. The highest BCUT2D eigenvalue weighted by Crippen LogP contribution is 2.29. The number of hydrogen-bond donors (Lipinski definition) is 0. The Hall–Kier alpha value is -1.31. The smallest absolute Gasteiger partial charge is 0.225 e. The molecule has 1 heterocycles. The van der Waals surface area contributed by atoms with Gasteiger partial charge in [-0.1, -0.05) is 43.2 Å². The van der Waals surface area contributed by atoms with Crippen molar-refractivity contribution >= 4 is 5.91 Å². The molecule has 0 radical (unpaired) electrons. The lowest BCUT2D eigenvalue weighted by atomic mass is 9.91. The molecule has 2 heteroatoms. The van der Waals surface area contributed by atoms with Gasteiger partial charge in [0.2, 0.25) is 5.91 Å². The maximum absolute atomic E-state index is 12.5. The summed E-state index contributed by atoms with van der Waals surface area (Å²) in [5.41, 5.74) is 1.43. The zero-order chi connectivity index (χ0) is 14.5. The number of benzene rings is 1. The van der Waals surface area contributed by atoms with E-state index >= 15 is 0 Å². The molecule has 1 aromatic carbocycles. The van der Waals surface area contributed by atoms with Crippen molar-refractivity contribution in [1.29, 1.82) is 0 Å². The molecular formula is C19H27NO. The average Bonchev–Trinajstić information content (AvgIpc) is 3.08. The number of nitrogens with zero attached hydrogens (tertiary/aromatic N) is 1. The van der Waals surface area contributed by atoms with Crippen LogP contribution in [0.1, 0.15) is 50.5 Å². The molecule has 2 nitrogen and oxygen atoms in total. The summed E-state index contributed by atoms with van der Waals surface area (Å²) in [7, 11) is 0. The van der Waals surface area contributed by atoms with Crippen molar-refractivity contribution in [2.75, 3.05) is 13.1 Å². The van der Waals surface area contributed by atoms with Gasteiger partial charge >= 0.3 is 0 Å². The van der Waals surface area contributed by atoms with Crippen LogP contribution in [-0.2, 0) is 11.2 Å². The fraction of sp³-hybridized carbons (Fsp3) is 0.632. The molecule has 1 atom stereocenters. The maximum Gasteiger partial charge on any atom is 0.225 e. The molecule has 2 fully saturated rings. The Morgan fingerprint density at radius 2 is 1.81 bits per heavy atom. The number of carbonyl (C=O) groups excluding carboxylic acids is 1. The van der Waals surface area contributed by atoms with Crippen LogP contribution in [0.5, 0.6) is 0 Å². The van der Waals surface area contributed by atoms with Crippen LogP contribution in [0.4, 0.5) is 0 Å². The van der Waals surface area contributed by atoms with Gasteiger partial charge in [0.1, 0.15) is 0 Å². The minimum Gasteiger partial charge on any atom is -0.342 e. The summed E-state index contributed by atoms with van der Waals surface area (Å²) in [5, 5.41) is 0. The van der Waals surface area contributed by atoms with E-state index in [-0.39, 0.29) is 0 Å². The van der Waals surface area contributed by atoms with Crippen LogP contribution in [0.25, 0.3) is 0 Å². The van der Waals surface area contributed by atoms with Gasteiger partial charge in [-0.3, -0.25) is 4.79 Å². The van der Waals surface area contributed by atoms with E-state index in [1.54, 1.807) is 0 Å². The second kappa shape index (κ2) is 7.11. The van der Waals surface area contributed by atoms with E-state index < -0.39 is 0 Å². The molecule has 1 aromatic rings. The first kappa shape index (κ1) is 14.6. The van der Waals surface area contributed by atoms with Crippen LogP contribution >= 0.6 is 0 Å². The van der Waals surface area contributed by atoms with Crippen LogP contribution in [-0.4, -0.2) is 23.9 Å². The van der Waals surface area contributed by atoms with E-state index in [9.17, 15) is 4.79 Å². The molecule has 1 aliphatic heterocycles. The largest absolute Gasteiger partial charge is 0.342 e. The number of rotatable bonds is 4. The quantitative estimate of drug-likeness (QED) is 0.817. The molecule has 1 saturated heterocycles. The van der Waals surface area contributed by atoms with Crippen molar-refractivity contribution in [2.45, 2.75) is 51.4 Å². The zero-order valence-corrected chi connectivity index (χ0v) is 13.0. The number of hydrogen-bond acceptors (Lipinski definition) is 1. The van der Waals surface area contributed by atoms with Crippen molar-refractivity contribution < 1.29 is 4.79 Å². The van der Waals surface area contributed by atoms with Gasteiger partial charge in [-0.2, -0.15) is 0 Å². The van der Waals surface area contributed by atoms with Gasteiger partial charge in [-0.15, -0.1) is 0 Å². The number of carbonyl (C=O) groups is 1. The van der Waals surface area contributed by atoms with Crippen LogP contribution in [0.15, 0.2) is 30.3 Å². The summed E-state index contributed by atoms with van der Waals surface area (Å²) < 4.78 is 0. The first-order chi connectivity index (χ1) is 10.3. The molecule has 2 aliphatic rings. The molecule has 1 saturated carbocycles. The van der Waals surface area contributed by atoms with Gasteiger partial charge in [0, 0.05) is 19.0 Å². The Labute approximate surface area is 128 Å². The van der Waals surface area contributed by atoms with Crippen molar-refractivity contribution in [2.24, 2.45) is 11.8 Å². The average molecular weight is 285 g/mol. The molecular weight excluding hydrogens is 258 g/mol. The van der Waals surface area contributed by atoms with Gasteiger partial charge in [0.25, 0.3) is 0 Å². The highest BCUT2D eigenvalue weighted by molar-refractivity contribution is 5.79. The van der Waals surface area contributed by atoms with E-state index in [1.807, 2.05) is 0 Å². The topological polar surface area (TPSA) is 20.3 Å². The molecule has 0 N–H and O–H groups in total. The van der Waals surface area contributed by atoms with E-state index in [4.69, 9.17) is 0 Å². The third-order valence-corrected chi connectivity index (χ3v) is 5.22. The highest BCUT2D eigenvalue weighted by atomic mass is 16.2. The summed E-state index contributed by atoms with van der Waals surface area (Å²) in [5.74, 6) is 1.50. The third kappa shape index (κ3) is 3.87. The lowest BCUT2D eigenvalue weighted by Gasteiger charge is -2.34. The first-order valence-electron chi connectivity index (χ1n) is 8.65. The summed E-state index contributed by atoms with van der Waals surface area (Å²) in [6.07, 6.45) is 9.62. The molecule has 3 rings (SSSR count). The van der Waals surface area contributed by atoms with E-state index in [0.29, 0.717) is 17.7 Å². The van der Waals surface area contributed by atoms with E-state index in [0.717, 1.165) is 32.4 Å². The van der Waals surface area contributed by atoms with E-state index in [2.05, 4.69) is 35.2 Å². The summed E-state index contributed by atoms with van der Waals surface area (Å²) >= 11 is 0. The second-order valence-electron chi connectivity index (χ2n) is 6.80. The van der Waals surface area contributed by atoms with Crippen molar-refractivity contribution in [3.63, 3.8) is 0 Å². The predicted octanol–water partition coefficient (Wildman–Crippen LogP) is 4.05. The fourth-order valence-electron chi connectivity index (χ4n) is 3.95. The minimum absolute atomic E-state index is 0.345. The maximum atomic E-state index is 12.5. The molecule has 114 valence electrons. The summed E-state index contributed by atoms with van der Waals surface area (Å²) in [6.45, 7) is 2.00. The lowest BCUT2D eigenvalue weighted by Crippen LogP contribution is -2.42. The standard InChI is InChI=1S/C19H27NO/c21-19(18-10-4-5-11-18)20-14-6-9-17(15-20)13-12-16-7-2-1-3-8-16/h1-3,7-8,17-18H,4-6,9-15H2. The Morgan fingerprint density at radius 1 is 1.05 bits per heavy atom. The number of amides is 1. The van der Waals surface area contributed by atoms with Gasteiger partial charge < -0.3 is 4.90 Å². The van der Waals surface area contributed by atoms with Crippen LogP contribution in [0.2, 0.25) is 0 Å². The fourth-order valence-corrected chi connectivity index (χ4v) is 3.95. The number of likely N-dealkylation sites (tertiary alicyclic amines) is 1. The monoisotopic (exact) mass is 285 g/mol. The Balaban J connectivity index is 1.49. The van der Waals surface area contributed by atoms with Crippen LogP contribution in [0.3, 0.4) is 0 Å². The van der Waals surface area contributed by atoms with Crippen LogP contribution in [0, 0.1) is 11.8 Å². The number of aryl methyl sites for hydroxylation is 1. The molecule has 1 amide bonds. The summed E-state index contributed by atoms with van der Waals surface area (Å²) in [4.78, 5) is 14.7. The van der Waals surface area contributed by atoms with Crippen LogP contribution < -0.4 is 0 Å². The molecule has 0 aromatic heterocycles. The lowest BCUT2D eigenvalue weighted by molar-refractivity contribution is -0.137. The Kier molecular flexibility index (Phi) is 4.95. The molecule has 0 bridgehead atoms. The normalized spacial score (nSPS) is 23.4. The first-order valence-corrected chi connectivity index (χ1v) is 8.65. The minimum atomic E-state index is 0.345. The number of piperidine rings is 1. The van der Waals surface area contributed by atoms with Crippen molar-refractivity contribution in [1.82, 2.24) is 4.90 Å². The van der Waals surface area contributed by atoms with Gasteiger partial charge in [-0.05, 0) is 50.0 Å².